The Labute approximate surface area is 108 Å². The summed E-state index contributed by atoms with van der Waals surface area (Å²) in [4.78, 5) is 11.2. The highest BCUT2D eigenvalue weighted by molar-refractivity contribution is 5.89. The molecule has 1 N–H and O–H groups in total. The molecule has 1 aromatic rings. The molecule has 4 nitrogen and oxygen atoms in total. The second-order valence-corrected chi connectivity index (χ2v) is 4.39. The number of aromatic carboxylic acids is 1. The molecule has 1 aromatic heterocycles. The highest BCUT2D eigenvalue weighted by Gasteiger charge is 2.20. The Kier molecular flexibility index (Phi) is 5.44. The van der Waals surface area contributed by atoms with Crippen molar-refractivity contribution in [3.8, 4) is 6.07 Å². The Balaban J connectivity index is 3.03. The second kappa shape index (κ2) is 6.85. The van der Waals surface area contributed by atoms with E-state index in [0.29, 0.717) is 18.5 Å². The fourth-order valence-electron chi connectivity index (χ4n) is 2.32. The Hall–Kier alpha value is -1.76. The summed E-state index contributed by atoms with van der Waals surface area (Å²) in [6.45, 7) is 4.87. The van der Waals surface area contributed by atoms with Gasteiger partial charge in [-0.2, -0.15) is 5.26 Å². The molecule has 0 aliphatic rings. The molecule has 0 aliphatic heterocycles. The van der Waals surface area contributed by atoms with E-state index in [1.807, 2.05) is 10.8 Å². The van der Waals surface area contributed by atoms with Crippen LogP contribution in [-0.4, -0.2) is 15.6 Å². The van der Waals surface area contributed by atoms with E-state index in [0.717, 1.165) is 25.0 Å². The predicted molar refractivity (Wildman–Crippen MR) is 69.6 cm³/mol. The zero-order chi connectivity index (χ0) is 13.5. The molecule has 0 saturated heterocycles. The zero-order valence-electron chi connectivity index (χ0n) is 11.0. The molecule has 0 aromatic carbocycles. The molecule has 0 radical (unpaired) electrons. The molecule has 4 heteroatoms. The van der Waals surface area contributed by atoms with Crippen molar-refractivity contribution in [1.29, 1.82) is 5.26 Å². The maximum absolute atomic E-state index is 11.2. The van der Waals surface area contributed by atoms with Crippen LogP contribution in [0, 0.1) is 11.3 Å². The Morgan fingerprint density at radius 1 is 1.50 bits per heavy atom. The first kappa shape index (κ1) is 14.3. The molecular formula is C14H20N2O2. The minimum Gasteiger partial charge on any atom is -0.478 e. The number of rotatable bonds is 7. The summed E-state index contributed by atoms with van der Waals surface area (Å²) < 4.78 is 2.00. The Bertz CT molecular complexity index is 439. The second-order valence-electron chi connectivity index (χ2n) is 4.39. The van der Waals surface area contributed by atoms with Crippen LogP contribution in [0.3, 0.4) is 0 Å². The number of hydrogen-bond donors (Lipinski definition) is 1. The van der Waals surface area contributed by atoms with Gasteiger partial charge in [-0.05, 0) is 31.2 Å². The van der Waals surface area contributed by atoms with Crippen LogP contribution in [0.4, 0.5) is 0 Å². The van der Waals surface area contributed by atoms with Gasteiger partial charge in [0.25, 0.3) is 0 Å². The van der Waals surface area contributed by atoms with Gasteiger partial charge in [-0.3, -0.25) is 0 Å². The molecule has 0 fully saturated rings. The average molecular weight is 248 g/mol. The third-order valence-corrected chi connectivity index (χ3v) is 3.30. The maximum Gasteiger partial charge on any atom is 0.337 e. The van der Waals surface area contributed by atoms with Gasteiger partial charge in [-0.25, -0.2) is 4.79 Å². The van der Waals surface area contributed by atoms with Gasteiger partial charge >= 0.3 is 5.97 Å². The normalized spacial score (nSPS) is 10.6. The van der Waals surface area contributed by atoms with E-state index in [-0.39, 0.29) is 5.92 Å². The molecule has 0 spiro atoms. The van der Waals surface area contributed by atoms with Crippen LogP contribution in [0.1, 0.15) is 61.5 Å². The SMILES string of the molecule is CCC(CC)c1c(C(=O)O)ccn1CCCC#N. The monoisotopic (exact) mass is 248 g/mol. The van der Waals surface area contributed by atoms with E-state index >= 15 is 0 Å². The zero-order valence-corrected chi connectivity index (χ0v) is 11.0. The van der Waals surface area contributed by atoms with Gasteiger partial charge in [-0.1, -0.05) is 13.8 Å². The van der Waals surface area contributed by atoms with Crippen LogP contribution in [0.15, 0.2) is 12.3 Å². The highest BCUT2D eigenvalue weighted by atomic mass is 16.4. The molecule has 0 bridgehead atoms. The molecule has 0 aliphatic carbocycles. The largest absolute Gasteiger partial charge is 0.478 e. The number of carbonyl (C=O) groups is 1. The summed E-state index contributed by atoms with van der Waals surface area (Å²) in [5.41, 5.74) is 1.31. The van der Waals surface area contributed by atoms with Crippen molar-refractivity contribution in [2.45, 2.75) is 52.0 Å². The van der Waals surface area contributed by atoms with E-state index in [4.69, 9.17) is 5.26 Å². The van der Waals surface area contributed by atoms with Crippen molar-refractivity contribution in [2.24, 2.45) is 0 Å². The van der Waals surface area contributed by atoms with Crippen LogP contribution in [0.5, 0.6) is 0 Å². The number of unbranched alkanes of at least 4 members (excludes halogenated alkanes) is 1. The standard InChI is InChI=1S/C14H20N2O2/c1-3-11(4-2)13-12(14(17)18)7-10-16(13)9-6-5-8-15/h7,10-11H,3-6,9H2,1-2H3,(H,17,18). The van der Waals surface area contributed by atoms with Crippen molar-refractivity contribution >= 4 is 5.97 Å². The van der Waals surface area contributed by atoms with Crippen molar-refractivity contribution in [1.82, 2.24) is 4.57 Å². The first-order valence-electron chi connectivity index (χ1n) is 6.44. The number of nitriles is 1. The van der Waals surface area contributed by atoms with Gasteiger partial charge in [-0.15, -0.1) is 0 Å². The lowest BCUT2D eigenvalue weighted by Crippen LogP contribution is -2.11. The summed E-state index contributed by atoms with van der Waals surface area (Å²) in [6, 6.07) is 3.78. The van der Waals surface area contributed by atoms with Crippen LogP contribution >= 0.6 is 0 Å². The number of carboxylic acid groups (broad SMARTS) is 1. The van der Waals surface area contributed by atoms with Crippen molar-refractivity contribution in [3.05, 3.63) is 23.5 Å². The van der Waals surface area contributed by atoms with Gasteiger partial charge in [0.05, 0.1) is 11.6 Å². The van der Waals surface area contributed by atoms with E-state index < -0.39 is 5.97 Å². The minimum atomic E-state index is -0.865. The number of hydrogen-bond acceptors (Lipinski definition) is 2. The molecule has 1 heterocycles. The minimum absolute atomic E-state index is 0.271. The number of aryl methyl sites for hydroxylation is 1. The van der Waals surface area contributed by atoms with Crippen LogP contribution < -0.4 is 0 Å². The van der Waals surface area contributed by atoms with Crippen LogP contribution in [-0.2, 0) is 6.54 Å². The summed E-state index contributed by atoms with van der Waals surface area (Å²) in [6.07, 6.45) is 4.95. The van der Waals surface area contributed by atoms with E-state index in [2.05, 4.69) is 19.9 Å². The van der Waals surface area contributed by atoms with Crippen molar-refractivity contribution in [3.63, 3.8) is 0 Å². The number of carboxylic acids is 1. The summed E-state index contributed by atoms with van der Waals surface area (Å²) >= 11 is 0. The van der Waals surface area contributed by atoms with Crippen molar-refractivity contribution < 1.29 is 9.90 Å². The van der Waals surface area contributed by atoms with E-state index in [9.17, 15) is 9.90 Å². The topological polar surface area (TPSA) is 66.0 Å². The summed E-state index contributed by atoms with van der Waals surface area (Å²) in [5, 5.41) is 17.8. The van der Waals surface area contributed by atoms with Gasteiger partial charge in [0.15, 0.2) is 0 Å². The average Bonchev–Trinajstić information content (AvgIpc) is 2.76. The third-order valence-electron chi connectivity index (χ3n) is 3.30. The molecule has 0 unspecified atom stereocenters. The molecule has 18 heavy (non-hydrogen) atoms. The first-order chi connectivity index (χ1) is 8.65. The lowest BCUT2D eigenvalue weighted by molar-refractivity contribution is 0.0694. The quantitative estimate of drug-likeness (QED) is 0.752. The molecule has 98 valence electrons. The Morgan fingerprint density at radius 3 is 2.67 bits per heavy atom. The van der Waals surface area contributed by atoms with Gasteiger partial charge in [0, 0.05) is 24.9 Å². The summed E-state index contributed by atoms with van der Waals surface area (Å²) in [5.74, 6) is -0.593. The fourth-order valence-corrected chi connectivity index (χ4v) is 2.32. The smallest absolute Gasteiger partial charge is 0.337 e. The van der Waals surface area contributed by atoms with E-state index in [1.165, 1.54) is 0 Å². The third kappa shape index (κ3) is 3.13. The first-order valence-corrected chi connectivity index (χ1v) is 6.44. The molecular weight excluding hydrogens is 228 g/mol. The van der Waals surface area contributed by atoms with Gasteiger partial charge in [0.2, 0.25) is 0 Å². The molecule has 0 saturated carbocycles. The number of nitrogens with zero attached hydrogens (tertiary/aromatic N) is 2. The van der Waals surface area contributed by atoms with Gasteiger partial charge in [0.1, 0.15) is 0 Å². The van der Waals surface area contributed by atoms with Crippen molar-refractivity contribution in [2.75, 3.05) is 0 Å². The maximum atomic E-state index is 11.2. The highest BCUT2D eigenvalue weighted by Crippen LogP contribution is 2.27. The summed E-state index contributed by atoms with van der Waals surface area (Å²) in [7, 11) is 0. The van der Waals surface area contributed by atoms with Crippen LogP contribution in [0.25, 0.3) is 0 Å². The molecule has 1 rings (SSSR count). The van der Waals surface area contributed by atoms with Gasteiger partial charge < -0.3 is 9.67 Å². The molecule has 0 atom stereocenters. The van der Waals surface area contributed by atoms with E-state index in [1.54, 1.807) is 6.07 Å². The molecule has 0 amide bonds. The Morgan fingerprint density at radius 2 is 2.17 bits per heavy atom. The number of aromatic nitrogens is 1. The predicted octanol–water partition coefficient (Wildman–Crippen LogP) is 3.39. The lowest BCUT2D eigenvalue weighted by Gasteiger charge is -2.17. The lowest BCUT2D eigenvalue weighted by atomic mass is 9.96. The fraction of sp³-hybridized carbons (Fsp3) is 0.571. The van der Waals surface area contributed by atoms with Crippen LogP contribution in [0.2, 0.25) is 0 Å².